The van der Waals surface area contributed by atoms with Crippen molar-refractivity contribution < 1.29 is 14.3 Å². The Balaban J connectivity index is 1.89. The first-order chi connectivity index (χ1) is 14.3. The molecule has 0 saturated heterocycles. The van der Waals surface area contributed by atoms with Crippen LogP contribution in [0.3, 0.4) is 0 Å². The molecule has 0 aliphatic carbocycles. The van der Waals surface area contributed by atoms with Crippen LogP contribution in [0.15, 0.2) is 48.5 Å². The van der Waals surface area contributed by atoms with E-state index < -0.39 is 0 Å². The molecular weight excluding hydrogens is 378 g/mol. The first kappa shape index (κ1) is 23.4. The molecule has 30 heavy (non-hydrogen) atoms. The molecule has 0 unspecified atom stereocenters. The van der Waals surface area contributed by atoms with Gasteiger partial charge in [-0.25, -0.2) is 0 Å². The zero-order chi connectivity index (χ0) is 22.1. The maximum absolute atomic E-state index is 12.6. The standard InChI is InChI=1S/C24H33N3O3/c1-6-18-10-12-19(13-11-18)24(17(2)3)26-23(29)16-27(4)15-22(28)25-20-8-7-9-21(14-20)30-5/h7-14,17,24H,6,15-16H2,1-5H3,(H,25,28)(H,26,29)/t24-/m0/s1. The number of ether oxygens (including phenoxy) is 1. The minimum atomic E-state index is -0.186. The van der Waals surface area contributed by atoms with E-state index in [0.29, 0.717) is 11.4 Å². The van der Waals surface area contributed by atoms with Crippen LogP contribution in [0.25, 0.3) is 0 Å². The van der Waals surface area contributed by atoms with Crippen LogP contribution in [-0.2, 0) is 16.0 Å². The highest BCUT2D eigenvalue weighted by atomic mass is 16.5. The molecule has 0 radical (unpaired) electrons. The lowest BCUT2D eigenvalue weighted by Crippen LogP contribution is -2.41. The quantitative estimate of drug-likeness (QED) is 0.626. The van der Waals surface area contributed by atoms with Gasteiger partial charge in [0.1, 0.15) is 5.75 Å². The minimum Gasteiger partial charge on any atom is -0.497 e. The van der Waals surface area contributed by atoms with E-state index in [4.69, 9.17) is 4.74 Å². The number of carbonyl (C=O) groups excluding carboxylic acids is 2. The van der Waals surface area contributed by atoms with Crippen molar-refractivity contribution in [3.05, 3.63) is 59.7 Å². The Morgan fingerprint density at radius 2 is 1.70 bits per heavy atom. The predicted octanol–water partition coefficient (Wildman–Crippen LogP) is 3.64. The lowest BCUT2D eigenvalue weighted by atomic mass is 9.95. The number of rotatable bonds is 10. The van der Waals surface area contributed by atoms with Gasteiger partial charge in [-0.2, -0.15) is 0 Å². The highest BCUT2D eigenvalue weighted by molar-refractivity contribution is 5.92. The van der Waals surface area contributed by atoms with Gasteiger partial charge < -0.3 is 15.4 Å². The SMILES string of the molecule is CCc1ccc([C@@H](NC(=O)CN(C)CC(=O)Nc2cccc(OC)c2)C(C)C)cc1. The minimum absolute atomic E-state index is 0.0672. The topological polar surface area (TPSA) is 70.7 Å². The number of aryl methyl sites for hydroxylation is 1. The van der Waals surface area contributed by atoms with Crippen LogP contribution in [0.4, 0.5) is 5.69 Å². The average Bonchev–Trinajstić information content (AvgIpc) is 2.71. The summed E-state index contributed by atoms with van der Waals surface area (Å²) >= 11 is 0. The monoisotopic (exact) mass is 411 g/mol. The molecule has 2 N–H and O–H groups in total. The summed E-state index contributed by atoms with van der Waals surface area (Å²) in [5.74, 6) is 0.634. The number of benzene rings is 2. The molecule has 0 saturated carbocycles. The molecular formula is C24H33N3O3. The van der Waals surface area contributed by atoms with Crippen molar-refractivity contribution in [3.63, 3.8) is 0 Å². The molecule has 0 aliphatic rings. The Hall–Kier alpha value is -2.86. The molecule has 2 amide bonds. The second-order valence-electron chi connectivity index (χ2n) is 7.84. The van der Waals surface area contributed by atoms with Crippen LogP contribution in [-0.4, -0.2) is 44.0 Å². The van der Waals surface area contributed by atoms with Gasteiger partial charge in [0.2, 0.25) is 11.8 Å². The Labute approximate surface area is 179 Å². The Kier molecular flexibility index (Phi) is 8.87. The van der Waals surface area contributed by atoms with Crippen molar-refractivity contribution in [1.82, 2.24) is 10.2 Å². The normalized spacial score (nSPS) is 12.0. The van der Waals surface area contributed by atoms with E-state index >= 15 is 0 Å². The van der Waals surface area contributed by atoms with Crippen LogP contribution in [0.1, 0.15) is 37.9 Å². The van der Waals surface area contributed by atoms with E-state index in [2.05, 4.69) is 55.7 Å². The molecule has 6 nitrogen and oxygen atoms in total. The molecule has 0 bridgehead atoms. The highest BCUT2D eigenvalue weighted by Crippen LogP contribution is 2.22. The van der Waals surface area contributed by atoms with E-state index in [-0.39, 0.29) is 36.9 Å². The van der Waals surface area contributed by atoms with E-state index in [9.17, 15) is 9.59 Å². The molecule has 1 atom stereocenters. The summed E-state index contributed by atoms with van der Waals surface area (Å²) in [4.78, 5) is 26.6. The maximum Gasteiger partial charge on any atom is 0.238 e. The zero-order valence-electron chi connectivity index (χ0n) is 18.6. The van der Waals surface area contributed by atoms with Crippen LogP contribution in [0.5, 0.6) is 5.75 Å². The summed E-state index contributed by atoms with van der Waals surface area (Å²) in [5, 5.41) is 5.93. The van der Waals surface area contributed by atoms with Crippen LogP contribution in [0, 0.1) is 5.92 Å². The van der Waals surface area contributed by atoms with Gasteiger partial charge >= 0.3 is 0 Å². The molecule has 0 heterocycles. The second kappa shape index (κ2) is 11.4. The number of amides is 2. The maximum atomic E-state index is 12.6. The van der Waals surface area contributed by atoms with Crippen molar-refractivity contribution in [2.75, 3.05) is 32.6 Å². The van der Waals surface area contributed by atoms with E-state index in [0.717, 1.165) is 12.0 Å². The van der Waals surface area contributed by atoms with Gasteiger partial charge in [-0.15, -0.1) is 0 Å². The zero-order valence-corrected chi connectivity index (χ0v) is 18.6. The molecule has 0 spiro atoms. The first-order valence-electron chi connectivity index (χ1n) is 10.3. The van der Waals surface area contributed by atoms with E-state index in [1.807, 2.05) is 12.1 Å². The third-order valence-corrected chi connectivity index (χ3v) is 4.91. The van der Waals surface area contributed by atoms with Crippen molar-refractivity contribution in [1.29, 1.82) is 0 Å². The largest absolute Gasteiger partial charge is 0.497 e. The molecule has 0 aliphatic heterocycles. The third-order valence-electron chi connectivity index (χ3n) is 4.91. The number of nitrogens with one attached hydrogen (secondary N) is 2. The van der Waals surface area contributed by atoms with E-state index in [1.54, 1.807) is 31.2 Å². The van der Waals surface area contributed by atoms with Crippen molar-refractivity contribution in [3.8, 4) is 5.75 Å². The van der Waals surface area contributed by atoms with Crippen molar-refractivity contribution in [2.24, 2.45) is 5.92 Å². The number of hydrogen-bond acceptors (Lipinski definition) is 4. The molecule has 2 aromatic rings. The van der Waals surface area contributed by atoms with Gasteiger partial charge in [0.05, 0.1) is 26.2 Å². The summed E-state index contributed by atoms with van der Waals surface area (Å²) in [6.07, 6.45) is 0.988. The fourth-order valence-electron chi connectivity index (χ4n) is 3.26. The molecule has 2 aromatic carbocycles. The average molecular weight is 412 g/mol. The fourth-order valence-corrected chi connectivity index (χ4v) is 3.26. The van der Waals surface area contributed by atoms with Crippen molar-refractivity contribution in [2.45, 2.75) is 33.2 Å². The molecule has 6 heteroatoms. The summed E-state index contributed by atoms with van der Waals surface area (Å²) < 4.78 is 5.16. The molecule has 0 fully saturated rings. The second-order valence-corrected chi connectivity index (χ2v) is 7.84. The van der Waals surface area contributed by atoms with Gasteiger partial charge in [-0.3, -0.25) is 14.5 Å². The molecule has 162 valence electrons. The van der Waals surface area contributed by atoms with Gasteiger partial charge in [-0.05, 0) is 42.6 Å². The third kappa shape index (κ3) is 7.19. The summed E-state index contributed by atoms with van der Waals surface area (Å²) in [6.45, 7) is 6.55. The van der Waals surface area contributed by atoms with Gasteiger partial charge in [-0.1, -0.05) is 51.1 Å². The lowest BCUT2D eigenvalue weighted by molar-refractivity contribution is -0.123. The smallest absolute Gasteiger partial charge is 0.238 e. The van der Waals surface area contributed by atoms with Crippen LogP contribution < -0.4 is 15.4 Å². The number of carbonyl (C=O) groups is 2. The Bertz CT molecular complexity index is 834. The summed E-state index contributed by atoms with van der Waals surface area (Å²) in [5.41, 5.74) is 3.02. The van der Waals surface area contributed by atoms with Crippen LogP contribution >= 0.6 is 0 Å². The van der Waals surface area contributed by atoms with Gasteiger partial charge in [0.25, 0.3) is 0 Å². The summed E-state index contributed by atoms with van der Waals surface area (Å²) in [6, 6.07) is 15.5. The van der Waals surface area contributed by atoms with E-state index in [1.165, 1.54) is 5.56 Å². The molecule has 0 aromatic heterocycles. The Morgan fingerprint density at radius 3 is 2.30 bits per heavy atom. The van der Waals surface area contributed by atoms with Crippen molar-refractivity contribution >= 4 is 17.5 Å². The number of anilines is 1. The number of methoxy groups -OCH3 is 1. The number of likely N-dealkylation sites (N-methyl/N-ethyl adjacent to an activating group) is 1. The first-order valence-corrected chi connectivity index (χ1v) is 10.3. The molecule has 2 rings (SSSR count). The Morgan fingerprint density at radius 1 is 1.03 bits per heavy atom. The predicted molar refractivity (Wildman–Crippen MR) is 121 cm³/mol. The summed E-state index contributed by atoms with van der Waals surface area (Å²) in [7, 11) is 3.33. The van der Waals surface area contributed by atoms with Gasteiger partial charge in [0.15, 0.2) is 0 Å². The highest BCUT2D eigenvalue weighted by Gasteiger charge is 2.19. The number of hydrogen-bond donors (Lipinski definition) is 2. The fraction of sp³-hybridized carbons (Fsp3) is 0.417. The van der Waals surface area contributed by atoms with Gasteiger partial charge in [0, 0.05) is 11.8 Å². The number of nitrogens with zero attached hydrogens (tertiary/aromatic N) is 1. The van der Waals surface area contributed by atoms with Crippen LogP contribution in [0.2, 0.25) is 0 Å². The lowest BCUT2D eigenvalue weighted by Gasteiger charge is -2.25.